The molecule has 1 saturated carbocycles. The zero-order chi connectivity index (χ0) is 10.5. The zero-order valence-electron chi connectivity index (χ0n) is 9.46. The largest absolute Gasteiger partial charge is 0.311 e. The van der Waals surface area contributed by atoms with E-state index in [9.17, 15) is 0 Å². The number of nitrogens with zero attached hydrogens (tertiary/aromatic N) is 1. The third-order valence-corrected chi connectivity index (χ3v) is 3.82. The van der Waals surface area contributed by atoms with Crippen LogP contribution < -0.4 is 5.32 Å². The molecule has 15 heavy (non-hydrogen) atoms. The Balaban J connectivity index is 1.64. The predicted molar refractivity (Wildman–Crippen MR) is 65.3 cm³/mol. The van der Waals surface area contributed by atoms with Crippen molar-refractivity contribution in [2.45, 2.75) is 51.5 Å². The lowest BCUT2D eigenvalue weighted by Gasteiger charge is -2.00. The lowest BCUT2D eigenvalue weighted by Crippen LogP contribution is -2.14. The molecular formula is C12H20N2S. The van der Waals surface area contributed by atoms with Gasteiger partial charge in [-0.25, -0.2) is 4.98 Å². The standard InChI is InChI=1S/C12H20N2S/c1-2-3-4-7-13-8-11-9-15-12(14-11)10-5-6-10/h9-10,13H,2-8H2,1H3. The topological polar surface area (TPSA) is 24.9 Å². The Bertz CT molecular complexity index is 292. The first-order valence-corrected chi connectivity index (χ1v) is 6.93. The normalized spacial score (nSPS) is 15.8. The van der Waals surface area contributed by atoms with E-state index in [2.05, 4.69) is 22.6 Å². The Hall–Kier alpha value is -0.410. The highest BCUT2D eigenvalue weighted by molar-refractivity contribution is 7.09. The second-order valence-electron chi connectivity index (χ2n) is 4.34. The van der Waals surface area contributed by atoms with E-state index >= 15 is 0 Å². The summed E-state index contributed by atoms with van der Waals surface area (Å²) in [4.78, 5) is 4.65. The molecular weight excluding hydrogens is 204 g/mol. The summed E-state index contributed by atoms with van der Waals surface area (Å²) in [6.45, 7) is 4.32. The van der Waals surface area contributed by atoms with Crippen LogP contribution in [0.5, 0.6) is 0 Å². The summed E-state index contributed by atoms with van der Waals surface area (Å²) in [6.07, 6.45) is 6.63. The molecule has 84 valence electrons. The maximum Gasteiger partial charge on any atom is 0.0959 e. The van der Waals surface area contributed by atoms with Crippen LogP contribution in [-0.2, 0) is 6.54 Å². The summed E-state index contributed by atoms with van der Waals surface area (Å²) in [5.74, 6) is 0.809. The summed E-state index contributed by atoms with van der Waals surface area (Å²) in [7, 11) is 0. The van der Waals surface area contributed by atoms with Gasteiger partial charge < -0.3 is 5.32 Å². The molecule has 1 aliphatic carbocycles. The molecule has 0 radical (unpaired) electrons. The number of rotatable bonds is 7. The Labute approximate surface area is 96.1 Å². The summed E-state index contributed by atoms with van der Waals surface area (Å²) in [5.41, 5.74) is 1.23. The molecule has 0 bridgehead atoms. The zero-order valence-corrected chi connectivity index (χ0v) is 10.3. The number of aromatic nitrogens is 1. The van der Waals surface area contributed by atoms with Crippen LogP contribution in [0.2, 0.25) is 0 Å². The van der Waals surface area contributed by atoms with Crippen molar-refractivity contribution in [1.29, 1.82) is 0 Å². The van der Waals surface area contributed by atoms with Crippen LogP contribution in [-0.4, -0.2) is 11.5 Å². The molecule has 1 aromatic heterocycles. The van der Waals surface area contributed by atoms with E-state index in [1.807, 2.05) is 11.3 Å². The first kappa shape index (κ1) is 11.1. The van der Waals surface area contributed by atoms with Gasteiger partial charge in [0.2, 0.25) is 0 Å². The van der Waals surface area contributed by atoms with Gasteiger partial charge in [0.05, 0.1) is 10.7 Å². The molecule has 0 saturated heterocycles. The molecule has 0 aromatic carbocycles. The van der Waals surface area contributed by atoms with Crippen molar-refractivity contribution in [2.75, 3.05) is 6.54 Å². The van der Waals surface area contributed by atoms with Gasteiger partial charge in [-0.2, -0.15) is 0 Å². The number of unbranched alkanes of at least 4 members (excludes halogenated alkanes) is 2. The summed E-state index contributed by atoms with van der Waals surface area (Å²) in [6, 6.07) is 0. The van der Waals surface area contributed by atoms with Crippen LogP contribution >= 0.6 is 11.3 Å². The number of nitrogens with one attached hydrogen (secondary N) is 1. The van der Waals surface area contributed by atoms with E-state index < -0.39 is 0 Å². The lowest BCUT2D eigenvalue weighted by atomic mass is 10.2. The first-order valence-electron chi connectivity index (χ1n) is 6.05. The minimum Gasteiger partial charge on any atom is -0.311 e. The van der Waals surface area contributed by atoms with Gasteiger partial charge >= 0.3 is 0 Å². The summed E-state index contributed by atoms with van der Waals surface area (Å²) in [5, 5.41) is 7.02. The second kappa shape index (κ2) is 5.61. The molecule has 0 spiro atoms. The molecule has 0 atom stereocenters. The lowest BCUT2D eigenvalue weighted by molar-refractivity contribution is 0.611. The van der Waals surface area contributed by atoms with E-state index in [0.717, 1.165) is 19.0 Å². The SMILES string of the molecule is CCCCCNCc1csc(C2CC2)n1. The average molecular weight is 224 g/mol. The van der Waals surface area contributed by atoms with Crippen molar-refractivity contribution in [3.05, 3.63) is 16.1 Å². The van der Waals surface area contributed by atoms with E-state index in [4.69, 9.17) is 0 Å². The van der Waals surface area contributed by atoms with Crippen molar-refractivity contribution in [2.24, 2.45) is 0 Å². The fourth-order valence-corrected chi connectivity index (χ4v) is 2.63. The predicted octanol–water partition coefficient (Wildman–Crippen LogP) is 3.30. The molecule has 3 heteroatoms. The maximum absolute atomic E-state index is 4.65. The smallest absolute Gasteiger partial charge is 0.0959 e. The molecule has 0 aliphatic heterocycles. The third kappa shape index (κ3) is 3.58. The van der Waals surface area contributed by atoms with Crippen LogP contribution in [0.25, 0.3) is 0 Å². The Morgan fingerprint density at radius 1 is 1.47 bits per heavy atom. The molecule has 1 aromatic rings. The van der Waals surface area contributed by atoms with Crippen LogP contribution in [0.4, 0.5) is 0 Å². The van der Waals surface area contributed by atoms with E-state index in [1.54, 1.807) is 0 Å². The van der Waals surface area contributed by atoms with Crippen LogP contribution in [0.1, 0.15) is 55.6 Å². The Kier molecular flexibility index (Phi) is 4.15. The fourth-order valence-electron chi connectivity index (χ4n) is 1.64. The molecule has 1 fully saturated rings. The minimum absolute atomic E-state index is 0.809. The first-order chi connectivity index (χ1) is 7.40. The van der Waals surface area contributed by atoms with E-state index in [1.165, 1.54) is 42.8 Å². The van der Waals surface area contributed by atoms with Crippen molar-refractivity contribution in [3.8, 4) is 0 Å². The highest BCUT2D eigenvalue weighted by atomic mass is 32.1. The number of hydrogen-bond donors (Lipinski definition) is 1. The van der Waals surface area contributed by atoms with Gasteiger partial charge in [0.1, 0.15) is 0 Å². The fraction of sp³-hybridized carbons (Fsp3) is 0.750. The van der Waals surface area contributed by atoms with E-state index in [-0.39, 0.29) is 0 Å². The van der Waals surface area contributed by atoms with Crippen molar-refractivity contribution in [3.63, 3.8) is 0 Å². The maximum atomic E-state index is 4.65. The Morgan fingerprint density at radius 2 is 2.33 bits per heavy atom. The highest BCUT2D eigenvalue weighted by Gasteiger charge is 2.26. The van der Waals surface area contributed by atoms with Gasteiger partial charge in [0.25, 0.3) is 0 Å². The van der Waals surface area contributed by atoms with Gasteiger partial charge in [-0.1, -0.05) is 19.8 Å². The average Bonchev–Trinajstić information content (AvgIpc) is 2.99. The molecule has 1 heterocycles. The van der Waals surface area contributed by atoms with Crippen LogP contribution in [0, 0.1) is 0 Å². The summed E-state index contributed by atoms with van der Waals surface area (Å²) < 4.78 is 0. The van der Waals surface area contributed by atoms with Gasteiger partial charge in [-0.05, 0) is 25.8 Å². The number of thiazole rings is 1. The van der Waals surface area contributed by atoms with Crippen LogP contribution in [0.3, 0.4) is 0 Å². The molecule has 1 aliphatic rings. The van der Waals surface area contributed by atoms with Gasteiger partial charge in [-0.3, -0.25) is 0 Å². The number of hydrogen-bond acceptors (Lipinski definition) is 3. The van der Waals surface area contributed by atoms with Gasteiger partial charge in [0, 0.05) is 17.8 Å². The van der Waals surface area contributed by atoms with Gasteiger partial charge in [0.15, 0.2) is 0 Å². The van der Waals surface area contributed by atoms with Crippen LogP contribution in [0.15, 0.2) is 5.38 Å². The minimum atomic E-state index is 0.809. The van der Waals surface area contributed by atoms with Crippen molar-refractivity contribution >= 4 is 11.3 Å². The summed E-state index contributed by atoms with van der Waals surface area (Å²) >= 11 is 1.84. The molecule has 0 unspecified atom stereocenters. The quantitative estimate of drug-likeness (QED) is 0.719. The molecule has 2 rings (SSSR count). The molecule has 0 amide bonds. The van der Waals surface area contributed by atoms with E-state index in [0.29, 0.717) is 0 Å². The van der Waals surface area contributed by atoms with Crippen molar-refractivity contribution < 1.29 is 0 Å². The molecule has 1 N–H and O–H groups in total. The third-order valence-electron chi connectivity index (χ3n) is 2.76. The second-order valence-corrected chi connectivity index (χ2v) is 5.22. The van der Waals surface area contributed by atoms with Crippen molar-refractivity contribution in [1.82, 2.24) is 10.3 Å². The monoisotopic (exact) mass is 224 g/mol. The Morgan fingerprint density at radius 3 is 3.07 bits per heavy atom. The molecule has 2 nitrogen and oxygen atoms in total. The van der Waals surface area contributed by atoms with Gasteiger partial charge in [-0.15, -0.1) is 11.3 Å². The highest BCUT2D eigenvalue weighted by Crippen LogP contribution is 2.41.